The monoisotopic (exact) mass is 901 g/mol. The molecule has 0 N–H and O–H groups in total. The number of hydrogen-bond donors (Lipinski definition) is 0. The Balaban J connectivity index is 0.00000372. The minimum absolute atomic E-state index is 0. The van der Waals surface area contributed by atoms with Gasteiger partial charge in [0.2, 0.25) is 0 Å². The summed E-state index contributed by atoms with van der Waals surface area (Å²) in [6.07, 6.45) is 14.6. The van der Waals surface area contributed by atoms with E-state index in [-0.39, 0.29) is 21.1 Å². The van der Waals surface area contributed by atoms with Gasteiger partial charge in [0.05, 0.1) is 11.2 Å². The molecule has 3 aliphatic heterocycles. The summed E-state index contributed by atoms with van der Waals surface area (Å²) in [7, 11) is 0. The van der Waals surface area contributed by atoms with E-state index in [9.17, 15) is 0 Å². The number of rotatable bonds is 5. The van der Waals surface area contributed by atoms with Gasteiger partial charge >= 0.3 is 21.1 Å². The number of fused-ring (bicyclic) bond motifs is 6. The first kappa shape index (κ1) is 34.8. The Bertz CT molecular complexity index is 2420. The van der Waals surface area contributed by atoms with Gasteiger partial charge in [-0.2, -0.15) is 19.4 Å². The molecule has 0 radical (unpaired) electrons. The van der Waals surface area contributed by atoms with E-state index in [1.165, 1.54) is 84.5 Å². The van der Waals surface area contributed by atoms with Crippen molar-refractivity contribution < 1.29 is 21.1 Å². The third-order valence-corrected chi connectivity index (χ3v) is 12.9. The van der Waals surface area contributed by atoms with Gasteiger partial charge in [0.15, 0.2) is 0 Å². The Morgan fingerprint density at radius 1 is 0.545 bits per heavy atom. The van der Waals surface area contributed by atoms with Crippen LogP contribution in [0.25, 0.3) is 27.5 Å². The minimum Gasteiger partial charge on any atom is -0.505 e. The van der Waals surface area contributed by atoms with Crippen molar-refractivity contribution in [2.24, 2.45) is 11.8 Å². The fraction of sp³-hybridized carbons (Fsp3) is 0.292. The van der Waals surface area contributed by atoms with Crippen LogP contribution in [0.5, 0.6) is 0 Å². The molecular formula is C48H46N6Pt. The Labute approximate surface area is 339 Å². The molecule has 0 atom stereocenters. The predicted octanol–water partition coefficient (Wildman–Crippen LogP) is 12.1. The van der Waals surface area contributed by atoms with Gasteiger partial charge < -0.3 is 29.1 Å². The van der Waals surface area contributed by atoms with Gasteiger partial charge in [0, 0.05) is 39.7 Å². The summed E-state index contributed by atoms with van der Waals surface area (Å²) >= 11 is 0. The van der Waals surface area contributed by atoms with Crippen LogP contribution in [0.3, 0.4) is 0 Å². The third-order valence-electron chi connectivity index (χ3n) is 12.9. The summed E-state index contributed by atoms with van der Waals surface area (Å²) < 4.78 is 2.45. The van der Waals surface area contributed by atoms with Crippen LogP contribution < -0.4 is 19.6 Å². The van der Waals surface area contributed by atoms with Crippen LogP contribution in [0.1, 0.15) is 65.2 Å². The van der Waals surface area contributed by atoms with Crippen molar-refractivity contribution in [2.75, 3.05) is 19.6 Å². The maximum Gasteiger partial charge on any atom is 4.00 e. The van der Waals surface area contributed by atoms with E-state index in [1.54, 1.807) is 0 Å². The van der Waals surface area contributed by atoms with Crippen molar-refractivity contribution in [1.82, 2.24) is 9.47 Å². The topological polar surface area (TPSA) is 21.1 Å². The van der Waals surface area contributed by atoms with E-state index in [4.69, 9.17) is 0 Å². The van der Waals surface area contributed by atoms with Crippen molar-refractivity contribution >= 4 is 61.6 Å². The van der Waals surface area contributed by atoms with Crippen molar-refractivity contribution in [1.29, 1.82) is 0 Å². The quantitative estimate of drug-likeness (QED) is 0.160. The molecule has 5 aromatic carbocycles. The average Bonchev–Trinajstić information content (AvgIpc) is 3.95. The molecular weight excluding hydrogens is 856 g/mol. The standard InChI is InChI=1S/C48H46N6.Pt/c1-33-17-21-35(22-18-33)49-27-28-50(31-49)37-25-26-45-47(30-37)53(46-16-8-12-41-40-11-3-4-13-42(40)54(45)48(41)46)39-10-7-9-38(29-39)52-32-51(36-23-19-34(2)20-24-36)43-14-5-6-15-44(43)52;/h3-16,25-28,31-36H,17-24H2,1-2H3;/q-4;+4. The van der Waals surface area contributed by atoms with Crippen molar-refractivity contribution in [3.8, 4) is 5.69 Å². The van der Waals surface area contributed by atoms with Gasteiger partial charge in [-0.25, -0.2) is 0 Å². The molecule has 278 valence electrons. The smallest absolute Gasteiger partial charge is 0.505 e. The zero-order valence-electron chi connectivity index (χ0n) is 31.5. The van der Waals surface area contributed by atoms with E-state index >= 15 is 0 Å². The molecule has 4 heterocycles. The molecule has 1 aromatic heterocycles. The molecule has 2 saturated carbocycles. The first-order chi connectivity index (χ1) is 26.6. The molecule has 0 unspecified atom stereocenters. The van der Waals surface area contributed by atoms with Gasteiger partial charge in [-0.15, -0.1) is 47.8 Å². The molecule has 0 bridgehead atoms. The molecule has 2 fully saturated rings. The summed E-state index contributed by atoms with van der Waals surface area (Å²) in [4.78, 5) is 12.0. The summed E-state index contributed by atoms with van der Waals surface area (Å²) in [5, 5.41) is 2.52. The molecule has 0 spiro atoms. The van der Waals surface area contributed by atoms with Crippen LogP contribution in [-0.2, 0) is 21.1 Å². The maximum atomic E-state index is 3.95. The Hall–Kier alpha value is -4.67. The largest absolute Gasteiger partial charge is 4.00 e. The first-order valence-corrected chi connectivity index (χ1v) is 20.1. The molecule has 5 aliphatic rings. The van der Waals surface area contributed by atoms with Crippen molar-refractivity contribution in [3.63, 3.8) is 0 Å². The Morgan fingerprint density at radius 2 is 1.22 bits per heavy atom. The fourth-order valence-electron chi connectivity index (χ4n) is 9.89. The second-order valence-corrected chi connectivity index (χ2v) is 16.3. The summed E-state index contributed by atoms with van der Waals surface area (Å²) in [6.45, 7) is 9.40. The normalized spacial score (nSPS) is 23.1. The second kappa shape index (κ2) is 13.8. The van der Waals surface area contributed by atoms with Gasteiger partial charge in [0.25, 0.3) is 0 Å². The van der Waals surface area contributed by atoms with E-state index in [1.807, 2.05) is 0 Å². The van der Waals surface area contributed by atoms with E-state index < -0.39 is 0 Å². The molecule has 0 saturated heterocycles. The van der Waals surface area contributed by atoms with Crippen molar-refractivity contribution in [3.05, 3.63) is 135 Å². The van der Waals surface area contributed by atoms with Crippen LogP contribution in [0.2, 0.25) is 0 Å². The Morgan fingerprint density at radius 3 is 2.04 bits per heavy atom. The number of anilines is 7. The first-order valence-electron chi connectivity index (χ1n) is 20.1. The fourth-order valence-corrected chi connectivity index (χ4v) is 9.89. The molecule has 11 rings (SSSR count). The molecule has 0 amide bonds. The van der Waals surface area contributed by atoms with Gasteiger partial charge in [-0.3, -0.25) is 0 Å². The molecule has 2 aliphatic carbocycles. The number of para-hydroxylation sites is 4. The van der Waals surface area contributed by atoms with Gasteiger partial charge in [0.1, 0.15) is 0 Å². The van der Waals surface area contributed by atoms with Crippen LogP contribution in [0.15, 0.2) is 109 Å². The van der Waals surface area contributed by atoms with E-state index in [0.29, 0.717) is 12.1 Å². The van der Waals surface area contributed by atoms with Crippen LogP contribution in [0, 0.1) is 37.3 Å². The summed E-state index contributed by atoms with van der Waals surface area (Å²) in [6, 6.07) is 44.5. The molecule has 7 heteroatoms. The number of benzene rings is 5. The van der Waals surface area contributed by atoms with Crippen LogP contribution in [-0.4, -0.2) is 21.6 Å². The number of aromatic nitrogens is 1. The van der Waals surface area contributed by atoms with E-state index in [0.717, 1.165) is 46.0 Å². The maximum absolute atomic E-state index is 3.95. The number of nitrogens with zero attached hydrogens (tertiary/aromatic N) is 6. The molecule has 6 nitrogen and oxygen atoms in total. The van der Waals surface area contributed by atoms with Gasteiger partial charge in [-0.05, 0) is 111 Å². The number of hydrogen-bond acceptors (Lipinski definition) is 5. The van der Waals surface area contributed by atoms with E-state index in [2.05, 4.69) is 178 Å². The average molecular weight is 902 g/mol. The third kappa shape index (κ3) is 5.69. The van der Waals surface area contributed by atoms with Crippen LogP contribution in [0.4, 0.5) is 39.8 Å². The zero-order valence-corrected chi connectivity index (χ0v) is 33.8. The summed E-state index contributed by atoms with van der Waals surface area (Å²) in [5.41, 5.74) is 11.3. The minimum atomic E-state index is 0. The predicted molar refractivity (Wildman–Crippen MR) is 223 cm³/mol. The molecule has 55 heavy (non-hydrogen) atoms. The second-order valence-electron chi connectivity index (χ2n) is 16.3. The van der Waals surface area contributed by atoms with Crippen LogP contribution >= 0.6 is 0 Å². The Kier molecular flexibility index (Phi) is 8.74. The zero-order chi connectivity index (χ0) is 35.9. The van der Waals surface area contributed by atoms with Crippen molar-refractivity contribution in [2.45, 2.75) is 77.3 Å². The SMILES string of the molecule is CC1CCC(N2C=CN(c3[c-]c4c(cc3)-n3c5ccccc5c5cccc(c53)N4c3[c-]c(N4[CH-]N(C5CCC(C)CC5)c5ccccc54)ccc3)[CH-]2)CC1.[Pt+4]. The van der Waals surface area contributed by atoms with Gasteiger partial charge in [-0.1, -0.05) is 62.0 Å². The molecule has 6 aromatic rings. The summed E-state index contributed by atoms with van der Waals surface area (Å²) in [5.74, 6) is 1.64.